The summed E-state index contributed by atoms with van der Waals surface area (Å²) < 4.78 is 0. The molecule has 0 radical (unpaired) electrons. The molecule has 0 unspecified atom stereocenters. The second-order valence-corrected chi connectivity index (χ2v) is 8.52. The van der Waals surface area contributed by atoms with E-state index >= 15 is 0 Å². The van der Waals surface area contributed by atoms with Gasteiger partial charge in [0.25, 0.3) is 17.5 Å². The van der Waals surface area contributed by atoms with Crippen LogP contribution >= 0.6 is 0 Å². The average Bonchev–Trinajstić information content (AvgIpc) is 3.54. The smallest absolute Gasteiger partial charge is 0.293 e. The van der Waals surface area contributed by atoms with Gasteiger partial charge in [-0.1, -0.05) is 18.2 Å². The highest BCUT2D eigenvalue weighted by atomic mass is 16.6. The van der Waals surface area contributed by atoms with Crippen molar-refractivity contribution in [1.82, 2.24) is 0 Å². The van der Waals surface area contributed by atoms with E-state index in [2.05, 4.69) is 5.32 Å². The number of nitrogens with one attached hydrogen (secondary N) is 1. The first kappa shape index (κ1) is 21.6. The first-order chi connectivity index (χ1) is 16.5. The fourth-order valence-corrected chi connectivity index (χ4v) is 4.64. The lowest BCUT2D eigenvalue weighted by Gasteiger charge is -2.18. The van der Waals surface area contributed by atoms with Crippen LogP contribution in [0.2, 0.25) is 0 Å². The minimum atomic E-state index is -0.443. The number of carbonyl (C=O) groups is 2. The second-order valence-electron chi connectivity index (χ2n) is 8.52. The van der Waals surface area contributed by atoms with Crippen molar-refractivity contribution in [3.63, 3.8) is 0 Å². The quantitative estimate of drug-likeness (QED) is 0.445. The van der Waals surface area contributed by atoms with Crippen molar-refractivity contribution in [1.29, 1.82) is 0 Å². The summed E-state index contributed by atoms with van der Waals surface area (Å²) in [7, 11) is 0. The Labute approximate surface area is 196 Å². The van der Waals surface area contributed by atoms with Crippen molar-refractivity contribution in [2.24, 2.45) is 0 Å². The standard InChI is InChI=1S/C26H24N4O4/c31-25(20-9-12-23(24(17-20)30(33)34)28-14-3-4-15-28)27-21-10-7-19(8-11-21)26(32)29-16-13-18-5-1-2-6-22(18)29/h1-2,5-12,17H,3-4,13-16H2,(H,27,31). The third-order valence-corrected chi connectivity index (χ3v) is 6.40. The number of rotatable bonds is 5. The maximum absolute atomic E-state index is 13.0. The third-order valence-electron chi connectivity index (χ3n) is 6.40. The number of hydrogen-bond donors (Lipinski definition) is 1. The largest absolute Gasteiger partial charge is 0.366 e. The number of para-hydroxylation sites is 1. The van der Waals surface area contributed by atoms with Gasteiger partial charge in [-0.05, 0) is 67.3 Å². The normalized spacial score (nSPS) is 14.7. The number of benzene rings is 3. The van der Waals surface area contributed by atoms with E-state index in [9.17, 15) is 19.7 Å². The fraction of sp³-hybridized carbons (Fsp3) is 0.231. The van der Waals surface area contributed by atoms with E-state index in [1.54, 1.807) is 41.3 Å². The zero-order chi connectivity index (χ0) is 23.7. The van der Waals surface area contributed by atoms with Gasteiger partial charge in [0.2, 0.25) is 0 Å². The molecule has 34 heavy (non-hydrogen) atoms. The molecule has 1 saturated heterocycles. The first-order valence-electron chi connectivity index (χ1n) is 11.4. The first-order valence-corrected chi connectivity index (χ1v) is 11.4. The summed E-state index contributed by atoms with van der Waals surface area (Å²) >= 11 is 0. The lowest BCUT2D eigenvalue weighted by molar-refractivity contribution is -0.384. The highest BCUT2D eigenvalue weighted by molar-refractivity contribution is 6.08. The number of nitrogens with zero attached hydrogens (tertiary/aromatic N) is 3. The Morgan fingerprint density at radius 1 is 0.853 bits per heavy atom. The van der Waals surface area contributed by atoms with Crippen molar-refractivity contribution in [3.8, 4) is 0 Å². The Hall–Kier alpha value is -4.20. The van der Waals surface area contributed by atoms with Crippen molar-refractivity contribution < 1.29 is 14.5 Å². The lowest BCUT2D eigenvalue weighted by Crippen LogP contribution is -2.28. The molecule has 2 aliphatic rings. The molecule has 0 aromatic heterocycles. The van der Waals surface area contributed by atoms with Gasteiger partial charge in [0, 0.05) is 48.2 Å². The number of amides is 2. The molecule has 0 aliphatic carbocycles. The predicted molar refractivity (Wildman–Crippen MR) is 131 cm³/mol. The van der Waals surface area contributed by atoms with Gasteiger partial charge in [-0.25, -0.2) is 0 Å². The Balaban J connectivity index is 1.30. The molecule has 8 heteroatoms. The molecule has 3 aromatic rings. The Morgan fingerprint density at radius 2 is 1.56 bits per heavy atom. The maximum atomic E-state index is 13.0. The van der Waals surface area contributed by atoms with Crippen molar-refractivity contribution in [2.75, 3.05) is 34.8 Å². The zero-order valence-corrected chi connectivity index (χ0v) is 18.6. The molecular formula is C26H24N4O4. The van der Waals surface area contributed by atoms with Gasteiger partial charge in [-0.3, -0.25) is 19.7 Å². The number of hydrogen-bond acceptors (Lipinski definition) is 5. The van der Waals surface area contributed by atoms with Gasteiger partial charge in [0.15, 0.2) is 0 Å². The van der Waals surface area contributed by atoms with E-state index in [0.29, 0.717) is 23.5 Å². The summed E-state index contributed by atoms with van der Waals surface area (Å²) in [5.74, 6) is -0.528. The highest BCUT2D eigenvalue weighted by Gasteiger charge is 2.26. The SMILES string of the molecule is O=C(Nc1ccc(C(=O)N2CCc3ccccc32)cc1)c1ccc(N2CCCC2)c([N+](=O)[O-])c1. The summed E-state index contributed by atoms with van der Waals surface area (Å²) in [4.78, 5) is 40.7. The molecule has 0 saturated carbocycles. The summed E-state index contributed by atoms with van der Waals surface area (Å²) in [6.45, 7) is 2.20. The molecule has 1 N–H and O–H groups in total. The van der Waals surface area contributed by atoms with E-state index in [4.69, 9.17) is 0 Å². The van der Waals surface area contributed by atoms with Crippen LogP contribution in [0, 0.1) is 10.1 Å². The van der Waals surface area contributed by atoms with Crippen LogP contribution in [0.4, 0.5) is 22.7 Å². The van der Waals surface area contributed by atoms with Crippen LogP contribution in [0.1, 0.15) is 39.1 Å². The summed E-state index contributed by atoms with van der Waals surface area (Å²) in [5, 5.41) is 14.4. The predicted octanol–water partition coefficient (Wildman–Crippen LogP) is 4.65. The maximum Gasteiger partial charge on any atom is 0.293 e. The Morgan fingerprint density at radius 3 is 2.29 bits per heavy atom. The molecule has 0 atom stereocenters. The summed E-state index contributed by atoms with van der Waals surface area (Å²) in [6.07, 6.45) is 2.84. The molecule has 8 nitrogen and oxygen atoms in total. The number of fused-ring (bicyclic) bond motifs is 1. The summed E-state index contributed by atoms with van der Waals surface area (Å²) in [6, 6.07) is 19.1. The molecule has 5 rings (SSSR count). The topological polar surface area (TPSA) is 95.8 Å². The number of nitro benzene ring substituents is 1. The molecule has 0 spiro atoms. The monoisotopic (exact) mass is 456 g/mol. The molecule has 0 bridgehead atoms. The highest BCUT2D eigenvalue weighted by Crippen LogP contribution is 2.32. The molecule has 2 aliphatic heterocycles. The van der Waals surface area contributed by atoms with Gasteiger partial charge in [0.1, 0.15) is 5.69 Å². The van der Waals surface area contributed by atoms with E-state index in [0.717, 1.165) is 43.6 Å². The van der Waals surface area contributed by atoms with Crippen LogP contribution in [0.5, 0.6) is 0 Å². The molecule has 2 amide bonds. The Kier molecular flexibility index (Phi) is 5.71. The van der Waals surface area contributed by atoms with Crippen molar-refractivity contribution >= 4 is 34.6 Å². The second kappa shape index (κ2) is 8.97. The zero-order valence-electron chi connectivity index (χ0n) is 18.6. The third kappa shape index (κ3) is 4.10. The van der Waals surface area contributed by atoms with E-state index < -0.39 is 10.8 Å². The van der Waals surface area contributed by atoms with Gasteiger partial charge in [-0.15, -0.1) is 0 Å². The molecular weight excluding hydrogens is 432 g/mol. The van der Waals surface area contributed by atoms with Crippen LogP contribution in [-0.2, 0) is 6.42 Å². The number of carbonyl (C=O) groups excluding carboxylic acids is 2. The van der Waals surface area contributed by atoms with Gasteiger partial charge >= 0.3 is 0 Å². The van der Waals surface area contributed by atoms with E-state index in [-0.39, 0.29) is 17.2 Å². The molecule has 1 fully saturated rings. The fourth-order valence-electron chi connectivity index (χ4n) is 4.64. The van der Waals surface area contributed by atoms with Gasteiger partial charge < -0.3 is 15.1 Å². The van der Waals surface area contributed by atoms with Crippen molar-refractivity contribution in [3.05, 3.63) is 93.5 Å². The van der Waals surface area contributed by atoms with Gasteiger partial charge in [0.05, 0.1) is 4.92 Å². The molecule has 2 heterocycles. The number of nitro groups is 1. The Bertz CT molecular complexity index is 1270. The average molecular weight is 457 g/mol. The van der Waals surface area contributed by atoms with Crippen LogP contribution in [0.15, 0.2) is 66.7 Å². The molecule has 3 aromatic carbocycles. The lowest BCUT2D eigenvalue weighted by atomic mass is 10.1. The van der Waals surface area contributed by atoms with Crippen LogP contribution < -0.4 is 15.1 Å². The van der Waals surface area contributed by atoms with Crippen molar-refractivity contribution in [2.45, 2.75) is 19.3 Å². The van der Waals surface area contributed by atoms with Crippen LogP contribution in [-0.4, -0.2) is 36.4 Å². The van der Waals surface area contributed by atoms with Crippen LogP contribution in [0.25, 0.3) is 0 Å². The van der Waals surface area contributed by atoms with Gasteiger partial charge in [-0.2, -0.15) is 0 Å². The van der Waals surface area contributed by atoms with E-state index in [1.807, 2.05) is 29.2 Å². The minimum absolute atomic E-state index is 0.0682. The summed E-state index contributed by atoms with van der Waals surface area (Å²) in [5.41, 5.74) is 3.82. The minimum Gasteiger partial charge on any atom is -0.366 e. The van der Waals surface area contributed by atoms with E-state index in [1.165, 1.54) is 6.07 Å². The van der Waals surface area contributed by atoms with Crippen LogP contribution in [0.3, 0.4) is 0 Å². The number of anilines is 3. The molecule has 172 valence electrons.